The van der Waals surface area contributed by atoms with Crippen LogP contribution >= 0.6 is 0 Å². The van der Waals surface area contributed by atoms with Gasteiger partial charge in [0.1, 0.15) is 17.2 Å². The Morgan fingerprint density at radius 1 is 1.19 bits per heavy atom. The second kappa shape index (κ2) is 6.19. The van der Waals surface area contributed by atoms with E-state index in [9.17, 15) is 9.18 Å². The van der Waals surface area contributed by atoms with Crippen molar-refractivity contribution in [2.24, 2.45) is 7.05 Å². The number of aromatic nitrogens is 2. The smallest absolute Gasteiger partial charge is 0.277 e. The first-order chi connectivity index (χ1) is 12.7. The van der Waals surface area contributed by atoms with E-state index in [1.54, 1.807) is 24.6 Å². The van der Waals surface area contributed by atoms with Crippen LogP contribution in [-0.4, -0.2) is 59.3 Å². The Hall–Kier alpha value is -2.15. The molecule has 0 spiro atoms. The van der Waals surface area contributed by atoms with Crippen molar-refractivity contribution in [2.75, 3.05) is 36.5 Å². The number of piperazine rings is 1. The summed E-state index contributed by atoms with van der Waals surface area (Å²) in [5.74, 6) is -0.330. The molecule has 2 unspecified atom stereocenters. The highest BCUT2D eigenvalue weighted by molar-refractivity contribution is 5.98. The molecule has 0 saturated carbocycles. The molecule has 0 aromatic carbocycles. The van der Waals surface area contributed by atoms with Gasteiger partial charge in [0.2, 0.25) is 0 Å². The number of likely N-dealkylation sites (N-methyl/N-ethyl adjacent to an activating group) is 1. The highest BCUT2D eigenvalue weighted by atomic mass is 19.1. The van der Waals surface area contributed by atoms with Crippen LogP contribution in [0, 0.1) is 12.7 Å². The summed E-state index contributed by atoms with van der Waals surface area (Å²) in [7, 11) is 3.87. The van der Waals surface area contributed by atoms with E-state index in [0.29, 0.717) is 23.1 Å². The third-order valence-corrected chi connectivity index (χ3v) is 6.19. The first-order valence-electron chi connectivity index (χ1n) is 9.64. The van der Waals surface area contributed by atoms with Crippen molar-refractivity contribution in [3.8, 4) is 0 Å². The molecule has 1 fully saturated rings. The Labute approximate surface area is 159 Å². The number of hydrogen-bond acceptors (Lipinski definition) is 5. The lowest BCUT2D eigenvalue weighted by Gasteiger charge is -2.52. The van der Waals surface area contributed by atoms with Gasteiger partial charge in [-0.1, -0.05) is 0 Å². The summed E-state index contributed by atoms with van der Waals surface area (Å²) in [4.78, 5) is 24.6. The molecule has 0 bridgehead atoms. The van der Waals surface area contributed by atoms with Crippen molar-refractivity contribution < 1.29 is 4.39 Å². The van der Waals surface area contributed by atoms with Crippen LogP contribution in [0.4, 0.5) is 15.8 Å². The fourth-order valence-corrected chi connectivity index (χ4v) is 4.43. The molecular weight excluding hydrogens is 345 g/mol. The maximum Gasteiger partial charge on any atom is 0.277 e. The van der Waals surface area contributed by atoms with Crippen LogP contribution in [-0.2, 0) is 7.05 Å². The van der Waals surface area contributed by atoms with Gasteiger partial charge < -0.3 is 9.80 Å². The van der Waals surface area contributed by atoms with E-state index < -0.39 is 0 Å². The first-order valence-corrected chi connectivity index (χ1v) is 9.64. The molecule has 7 heteroatoms. The van der Waals surface area contributed by atoms with Crippen molar-refractivity contribution >= 4 is 22.4 Å². The summed E-state index contributed by atoms with van der Waals surface area (Å²) in [5.41, 5.74) is 2.34. The second-order valence-corrected chi connectivity index (χ2v) is 8.33. The van der Waals surface area contributed by atoms with Gasteiger partial charge in [0, 0.05) is 44.2 Å². The van der Waals surface area contributed by atoms with E-state index in [2.05, 4.69) is 47.5 Å². The Balaban J connectivity index is 2.07. The minimum atomic E-state index is -0.330. The van der Waals surface area contributed by atoms with Crippen molar-refractivity contribution in [1.29, 1.82) is 0 Å². The largest absolute Gasteiger partial charge is 0.361 e. The minimum absolute atomic E-state index is 0.0604. The van der Waals surface area contributed by atoms with E-state index in [0.717, 1.165) is 30.7 Å². The monoisotopic (exact) mass is 373 g/mol. The van der Waals surface area contributed by atoms with Crippen molar-refractivity contribution in [3.05, 3.63) is 27.9 Å². The van der Waals surface area contributed by atoms with Crippen molar-refractivity contribution in [1.82, 2.24) is 14.5 Å². The normalized spacial score (nSPS) is 23.1. The number of fused-ring (bicyclic) bond motifs is 5. The van der Waals surface area contributed by atoms with Crippen molar-refractivity contribution in [3.63, 3.8) is 0 Å². The Morgan fingerprint density at radius 3 is 2.56 bits per heavy atom. The van der Waals surface area contributed by atoms with Gasteiger partial charge in [-0.05, 0) is 40.8 Å². The van der Waals surface area contributed by atoms with Gasteiger partial charge in [-0.3, -0.25) is 14.3 Å². The van der Waals surface area contributed by atoms with E-state index in [1.165, 1.54) is 0 Å². The average molecular weight is 373 g/mol. The molecule has 1 saturated heterocycles. The topological polar surface area (TPSA) is 44.6 Å². The van der Waals surface area contributed by atoms with Gasteiger partial charge in [0.15, 0.2) is 0 Å². The summed E-state index contributed by atoms with van der Waals surface area (Å²) in [5, 5.41) is 0.724. The molecule has 2 aromatic heterocycles. The molecule has 2 aromatic rings. The lowest BCUT2D eigenvalue weighted by Crippen LogP contribution is -2.63. The van der Waals surface area contributed by atoms with Crippen LogP contribution in [0.15, 0.2) is 10.9 Å². The average Bonchev–Trinajstić information content (AvgIpc) is 2.61. The lowest BCUT2D eigenvalue weighted by atomic mass is 9.99. The van der Waals surface area contributed by atoms with Crippen LogP contribution in [0.2, 0.25) is 0 Å². The Kier molecular flexibility index (Phi) is 4.18. The lowest BCUT2D eigenvalue weighted by molar-refractivity contribution is 0.197. The predicted octanol–water partition coefficient (Wildman–Crippen LogP) is 2.12. The van der Waals surface area contributed by atoms with E-state index in [4.69, 9.17) is 0 Å². The zero-order valence-corrected chi connectivity index (χ0v) is 17.0. The van der Waals surface area contributed by atoms with Gasteiger partial charge in [-0.25, -0.2) is 9.37 Å². The fourth-order valence-electron chi connectivity index (χ4n) is 4.43. The summed E-state index contributed by atoms with van der Waals surface area (Å²) in [6, 6.07) is 2.37. The number of halogens is 1. The highest BCUT2D eigenvalue weighted by Gasteiger charge is 2.40. The molecule has 27 heavy (non-hydrogen) atoms. The second-order valence-electron chi connectivity index (χ2n) is 8.33. The van der Waals surface area contributed by atoms with Crippen LogP contribution in [0.1, 0.15) is 26.5 Å². The number of anilines is 2. The molecule has 0 aliphatic carbocycles. The Morgan fingerprint density at radius 2 is 1.89 bits per heavy atom. The molecule has 0 amide bonds. The number of rotatable bonds is 1. The van der Waals surface area contributed by atoms with E-state index >= 15 is 0 Å². The number of aryl methyl sites for hydroxylation is 2. The van der Waals surface area contributed by atoms with E-state index in [-0.39, 0.29) is 23.5 Å². The van der Waals surface area contributed by atoms with Crippen LogP contribution < -0.4 is 15.4 Å². The SMILES string of the molecule is Cc1nc2c(cc1F)c1c(c(=O)n2C)N(C(C)C)CC2CN(C)C(C)CN12. The molecular formula is C20H28FN5O. The summed E-state index contributed by atoms with van der Waals surface area (Å²) >= 11 is 0. The van der Waals surface area contributed by atoms with Gasteiger partial charge in [-0.15, -0.1) is 0 Å². The van der Waals surface area contributed by atoms with Crippen LogP contribution in [0.5, 0.6) is 0 Å². The van der Waals surface area contributed by atoms with Gasteiger partial charge in [0.25, 0.3) is 5.56 Å². The molecule has 4 rings (SSSR count). The summed E-state index contributed by atoms with van der Waals surface area (Å²) in [6.07, 6.45) is 0. The zero-order valence-electron chi connectivity index (χ0n) is 17.0. The predicted molar refractivity (Wildman–Crippen MR) is 107 cm³/mol. The van der Waals surface area contributed by atoms with Crippen molar-refractivity contribution in [2.45, 2.75) is 45.8 Å². The van der Waals surface area contributed by atoms with Gasteiger partial charge in [-0.2, -0.15) is 0 Å². The van der Waals surface area contributed by atoms with Crippen LogP contribution in [0.3, 0.4) is 0 Å². The standard InChI is InChI=1S/C20H28FN5O/c1-11(2)25-10-14-9-23(5)12(3)8-26(14)17-15-7-16(21)13(4)22-19(15)24(6)20(27)18(17)25/h7,11-12,14H,8-10H2,1-6H3. The molecule has 146 valence electrons. The zero-order chi connectivity index (χ0) is 19.6. The summed E-state index contributed by atoms with van der Waals surface area (Å²) in [6.45, 7) is 10.6. The summed E-state index contributed by atoms with van der Waals surface area (Å²) < 4.78 is 16.0. The molecule has 0 radical (unpaired) electrons. The molecule has 0 N–H and O–H groups in total. The molecule has 2 atom stereocenters. The molecule has 6 nitrogen and oxygen atoms in total. The number of nitrogens with zero attached hydrogens (tertiary/aromatic N) is 5. The maximum absolute atomic E-state index is 14.5. The third-order valence-electron chi connectivity index (χ3n) is 6.19. The molecule has 2 aliphatic rings. The molecule has 2 aliphatic heterocycles. The van der Waals surface area contributed by atoms with E-state index in [1.807, 2.05) is 0 Å². The number of hydrogen-bond donors (Lipinski definition) is 0. The van der Waals surface area contributed by atoms with Gasteiger partial charge in [0.05, 0.1) is 17.4 Å². The van der Waals surface area contributed by atoms with Gasteiger partial charge >= 0.3 is 0 Å². The molecule has 4 heterocycles. The number of pyridine rings is 2. The third kappa shape index (κ3) is 2.63. The fraction of sp³-hybridized carbons (Fsp3) is 0.600. The maximum atomic E-state index is 14.5. The Bertz CT molecular complexity index is 969. The first kappa shape index (κ1) is 18.2. The van der Waals surface area contributed by atoms with Crippen LogP contribution in [0.25, 0.3) is 11.0 Å². The quantitative estimate of drug-likeness (QED) is 0.766. The highest BCUT2D eigenvalue weighted by Crippen LogP contribution is 2.41. The minimum Gasteiger partial charge on any atom is -0.361 e.